The van der Waals surface area contributed by atoms with Crippen molar-refractivity contribution >= 4 is 22.9 Å². The zero-order valence-electron chi connectivity index (χ0n) is 15.7. The van der Waals surface area contributed by atoms with E-state index in [1.807, 2.05) is 24.3 Å². The molecular formula is C22H29NO2. The number of para-hydroxylation sites is 1. The number of fused-ring (bicyclic) bond motifs is 1. The Bertz CT molecular complexity index is 734. The van der Waals surface area contributed by atoms with Gasteiger partial charge < -0.3 is 4.74 Å². The molecule has 0 radical (unpaired) electrons. The van der Waals surface area contributed by atoms with E-state index in [-0.39, 0.29) is 5.97 Å². The number of carbonyl (C=O) groups excluding carboxylic acids is 1. The molecule has 3 heteroatoms. The van der Waals surface area contributed by atoms with Gasteiger partial charge in [-0.2, -0.15) is 0 Å². The van der Waals surface area contributed by atoms with Gasteiger partial charge in [0.25, 0.3) is 0 Å². The number of allylic oxidation sites excluding steroid dienone is 1. The molecule has 2 aromatic rings. The molecule has 0 fully saturated rings. The second-order valence-electron chi connectivity index (χ2n) is 6.37. The number of ether oxygens (including phenoxy) is 1. The van der Waals surface area contributed by atoms with Gasteiger partial charge in [0, 0.05) is 17.9 Å². The van der Waals surface area contributed by atoms with Crippen molar-refractivity contribution in [3.63, 3.8) is 0 Å². The number of nitrogens with zero attached hydrogens (tertiary/aromatic N) is 1. The fraction of sp³-hybridized carbons (Fsp3) is 0.455. The van der Waals surface area contributed by atoms with Crippen LogP contribution in [-0.4, -0.2) is 11.0 Å². The van der Waals surface area contributed by atoms with Crippen LogP contribution in [0.3, 0.4) is 0 Å². The monoisotopic (exact) mass is 339 g/mol. The predicted molar refractivity (Wildman–Crippen MR) is 105 cm³/mol. The summed E-state index contributed by atoms with van der Waals surface area (Å²) in [5.74, 6) is 0.361. The lowest BCUT2D eigenvalue weighted by Gasteiger charge is -2.13. The zero-order chi connectivity index (χ0) is 18.1. The average Bonchev–Trinajstić information content (AvgIpc) is 2.60. The molecule has 0 atom stereocenters. The van der Waals surface area contributed by atoms with Gasteiger partial charge in [0.15, 0.2) is 0 Å². The highest BCUT2D eigenvalue weighted by molar-refractivity contribution is 5.90. The summed E-state index contributed by atoms with van der Waals surface area (Å²) < 4.78 is 5.55. The highest BCUT2D eigenvalue weighted by Gasteiger charge is 2.15. The molecule has 25 heavy (non-hydrogen) atoms. The van der Waals surface area contributed by atoms with Gasteiger partial charge in [-0.05, 0) is 37.5 Å². The first-order chi connectivity index (χ1) is 12.2. The van der Waals surface area contributed by atoms with E-state index in [9.17, 15) is 4.79 Å². The van der Waals surface area contributed by atoms with Crippen LogP contribution in [0, 0.1) is 0 Å². The van der Waals surface area contributed by atoms with E-state index in [0.717, 1.165) is 35.0 Å². The number of hydrogen-bond acceptors (Lipinski definition) is 3. The van der Waals surface area contributed by atoms with E-state index in [4.69, 9.17) is 9.72 Å². The van der Waals surface area contributed by atoms with Crippen molar-refractivity contribution in [3.8, 4) is 5.75 Å². The lowest BCUT2D eigenvalue weighted by Crippen LogP contribution is -2.06. The molecule has 0 spiro atoms. The predicted octanol–water partition coefficient (Wildman–Crippen LogP) is 6.10. The quantitative estimate of drug-likeness (QED) is 0.409. The SMILES string of the molecule is CCCCCCCC=Cc1nc2ccccc2c(OC(C)=O)c1CC. The summed E-state index contributed by atoms with van der Waals surface area (Å²) in [7, 11) is 0. The second-order valence-corrected chi connectivity index (χ2v) is 6.37. The van der Waals surface area contributed by atoms with Crippen LogP contribution in [0.25, 0.3) is 17.0 Å². The molecule has 1 aromatic heterocycles. The third kappa shape index (κ3) is 5.42. The summed E-state index contributed by atoms with van der Waals surface area (Å²) in [5, 5.41) is 0.895. The number of pyridine rings is 1. The third-order valence-corrected chi connectivity index (χ3v) is 4.32. The molecule has 0 unspecified atom stereocenters. The van der Waals surface area contributed by atoms with Crippen LogP contribution in [0.2, 0.25) is 0 Å². The minimum atomic E-state index is -0.295. The molecular weight excluding hydrogens is 310 g/mol. The molecule has 134 valence electrons. The Labute approximate surface area is 151 Å². The largest absolute Gasteiger partial charge is 0.426 e. The lowest BCUT2D eigenvalue weighted by molar-refractivity contribution is -0.131. The molecule has 0 aliphatic heterocycles. The molecule has 0 N–H and O–H groups in total. The smallest absolute Gasteiger partial charge is 0.308 e. The molecule has 0 aliphatic carbocycles. The van der Waals surface area contributed by atoms with Crippen molar-refractivity contribution in [1.29, 1.82) is 0 Å². The molecule has 0 saturated heterocycles. The van der Waals surface area contributed by atoms with E-state index >= 15 is 0 Å². The molecule has 1 heterocycles. The first-order valence-electron chi connectivity index (χ1n) is 9.43. The Morgan fingerprint density at radius 3 is 2.60 bits per heavy atom. The number of unbranched alkanes of at least 4 members (excludes halogenated alkanes) is 5. The van der Waals surface area contributed by atoms with Gasteiger partial charge in [-0.25, -0.2) is 4.98 Å². The summed E-state index contributed by atoms with van der Waals surface area (Å²) >= 11 is 0. The molecule has 0 aliphatic rings. The standard InChI is InChI=1S/C22H29NO2/c1-4-6-7-8-9-10-11-15-20-18(5-2)22(25-17(3)24)19-14-12-13-16-21(19)23-20/h11-16H,4-10H2,1-3H3. The maximum absolute atomic E-state index is 11.6. The van der Waals surface area contributed by atoms with Crippen LogP contribution < -0.4 is 4.74 Å². The normalized spacial score (nSPS) is 11.3. The number of hydrogen-bond donors (Lipinski definition) is 0. The number of aromatic nitrogens is 1. The Hall–Kier alpha value is -2.16. The van der Waals surface area contributed by atoms with Crippen LogP contribution in [0.15, 0.2) is 30.3 Å². The van der Waals surface area contributed by atoms with E-state index in [1.165, 1.54) is 39.0 Å². The average molecular weight is 339 g/mol. The van der Waals surface area contributed by atoms with Crippen molar-refractivity contribution in [3.05, 3.63) is 41.6 Å². The van der Waals surface area contributed by atoms with E-state index < -0.39 is 0 Å². The fourth-order valence-electron chi connectivity index (χ4n) is 3.04. The van der Waals surface area contributed by atoms with Gasteiger partial charge in [0.1, 0.15) is 5.75 Å². The fourth-order valence-corrected chi connectivity index (χ4v) is 3.04. The van der Waals surface area contributed by atoms with Crippen LogP contribution in [-0.2, 0) is 11.2 Å². The van der Waals surface area contributed by atoms with E-state index in [1.54, 1.807) is 0 Å². The lowest BCUT2D eigenvalue weighted by atomic mass is 10.0. The Kier molecular flexibility index (Phi) is 7.65. The van der Waals surface area contributed by atoms with Gasteiger partial charge in [-0.15, -0.1) is 0 Å². The summed E-state index contributed by atoms with van der Waals surface area (Å²) in [5.41, 5.74) is 2.76. The molecule has 0 amide bonds. The zero-order valence-corrected chi connectivity index (χ0v) is 15.7. The molecule has 0 bridgehead atoms. The summed E-state index contributed by atoms with van der Waals surface area (Å²) in [6.07, 6.45) is 12.5. The van der Waals surface area contributed by atoms with Crippen LogP contribution in [0.4, 0.5) is 0 Å². The van der Waals surface area contributed by atoms with Gasteiger partial charge in [-0.3, -0.25) is 4.79 Å². The van der Waals surface area contributed by atoms with Gasteiger partial charge >= 0.3 is 5.97 Å². The van der Waals surface area contributed by atoms with Crippen molar-refractivity contribution in [2.24, 2.45) is 0 Å². The van der Waals surface area contributed by atoms with Crippen LogP contribution in [0.5, 0.6) is 5.75 Å². The maximum atomic E-state index is 11.6. The van der Waals surface area contributed by atoms with Crippen molar-refractivity contribution < 1.29 is 9.53 Å². The number of benzene rings is 1. The van der Waals surface area contributed by atoms with E-state index in [2.05, 4.69) is 26.0 Å². The minimum absolute atomic E-state index is 0.295. The highest BCUT2D eigenvalue weighted by atomic mass is 16.5. The first-order valence-corrected chi connectivity index (χ1v) is 9.43. The van der Waals surface area contributed by atoms with Gasteiger partial charge in [0.2, 0.25) is 0 Å². The van der Waals surface area contributed by atoms with Crippen molar-refractivity contribution in [2.75, 3.05) is 0 Å². The van der Waals surface area contributed by atoms with Crippen LogP contribution in [0.1, 0.15) is 70.6 Å². The molecule has 2 rings (SSSR count). The Morgan fingerprint density at radius 1 is 1.12 bits per heavy atom. The molecule has 0 saturated carbocycles. The van der Waals surface area contributed by atoms with Gasteiger partial charge in [-0.1, -0.05) is 57.7 Å². The number of rotatable bonds is 9. The molecule has 1 aromatic carbocycles. The van der Waals surface area contributed by atoms with Crippen LogP contribution >= 0.6 is 0 Å². The van der Waals surface area contributed by atoms with Crippen molar-refractivity contribution in [1.82, 2.24) is 4.98 Å². The first kappa shape index (κ1) is 19.2. The summed E-state index contributed by atoms with van der Waals surface area (Å²) in [4.78, 5) is 16.3. The minimum Gasteiger partial charge on any atom is -0.426 e. The third-order valence-electron chi connectivity index (χ3n) is 4.32. The highest BCUT2D eigenvalue weighted by Crippen LogP contribution is 2.32. The second kappa shape index (κ2) is 9.97. The topological polar surface area (TPSA) is 39.2 Å². The molecule has 3 nitrogen and oxygen atoms in total. The number of esters is 1. The summed E-state index contributed by atoms with van der Waals surface area (Å²) in [6, 6.07) is 7.83. The van der Waals surface area contributed by atoms with E-state index in [0.29, 0.717) is 5.75 Å². The van der Waals surface area contributed by atoms with Crippen molar-refractivity contribution in [2.45, 2.75) is 65.7 Å². The van der Waals surface area contributed by atoms with Gasteiger partial charge in [0.05, 0.1) is 11.2 Å². The number of carbonyl (C=O) groups is 1. The Morgan fingerprint density at radius 2 is 1.88 bits per heavy atom. The maximum Gasteiger partial charge on any atom is 0.308 e. The summed E-state index contributed by atoms with van der Waals surface area (Å²) in [6.45, 7) is 5.75. The Balaban J connectivity index is 2.24.